The fourth-order valence-corrected chi connectivity index (χ4v) is 18.5. The Morgan fingerprint density at radius 1 is 0.451 bits per heavy atom. The van der Waals surface area contributed by atoms with Crippen LogP contribution in [0.4, 0.5) is 0 Å². The Labute approximate surface area is 455 Å². The van der Waals surface area contributed by atoms with E-state index in [4.69, 9.17) is 9.97 Å². The number of aryl methyl sites for hydroxylation is 3. The van der Waals surface area contributed by atoms with Gasteiger partial charge in [0.05, 0.1) is 16.1 Å². The van der Waals surface area contributed by atoms with Crippen molar-refractivity contribution in [2.24, 2.45) is 5.92 Å². The van der Waals surface area contributed by atoms with E-state index in [1.54, 1.807) is 15.9 Å². The third-order valence-corrected chi connectivity index (χ3v) is 23.3. The van der Waals surface area contributed by atoms with Gasteiger partial charge in [-0.1, -0.05) is 136 Å². The normalized spacial score (nSPS) is 14.3. The molecule has 0 aliphatic carbocycles. The fraction of sp³-hybridized carbons (Fsp3) is 0.302. The van der Waals surface area contributed by atoms with Gasteiger partial charge in [0.2, 0.25) is 0 Å². The summed E-state index contributed by atoms with van der Waals surface area (Å²) < 4.78 is 0. The molecule has 4 nitrogen and oxygen atoms in total. The van der Waals surface area contributed by atoms with Crippen molar-refractivity contribution >= 4 is 26.5 Å². The Morgan fingerprint density at radius 2 is 0.845 bits per heavy atom. The first-order chi connectivity index (χ1) is 33.5. The second-order valence-electron chi connectivity index (χ2n) is 19.9. The van der Waals surface area contributed by atoms with Gasteiger partial charge in [-0.3, -0.25) is 0 Å². The molecule has 0 saturated carbocycles. The van der Waals surface area contributed by atoms with Crippen LogP contribution in [0.2, 0.25) is 37.3 Å². The molecule has 0 bridgehead atoms. The topological polar surface area (TPSA) is 51.6 Å². The smallest absolute Gasteiger partial charge is 0.0859 e. The maximum Gasteiger partial charge on any atom is 0.0859 e. The number of rotatable bonds is 8. The van der Waals surface area contributed by atoms with Crippen molar-refractivity contribution < 1.29 is 40.2 Å². The molecule has 2 aliphatic rings. The summed E-state index contributed by atoms with van der Waals surface area (Å²) in [5.74, 6) is 0.685. The van der Waals surface area contributed by atoms with Gasteiger partial charge in [-0.2, -0.15) is 0 Å². The zero-order valence-corrected chi connectivity index (χ0v) is 49.6. The van der Waals surface area contributed by atoms with Crippen LogP contribution in [0.15, 0.2) is 158 Å². The van der Waals surface area contributed by atoms with E-state index in [9.17, 15) is 0 Å². The van der Waals surface area contributed by atoms with Gasteiger partial charge in [0.15, 0.2) is 0 Å². The van der Waals surface area contributed by atoms with Gasteiger partial charge < -0.3 is 19.9 Å². The summed E-state index contributed by atoms with van der Waals surface area (Å²) in [7, 11) is -2.57. The van der Waals surface area contributed by atoms with Gasteiger partial charge in [-0.25, -0.2) is 0 Å². The number of pyridine rings is 4. The van der Waals surface area contributed by atoms with Crippen LogP contribution in [0.1, 0.15) is 74.6 Å². The van der Waals surface area contributed by atoms with Crippen LogP contribution in [-0.4, -0.2) is 36.1 Å². The van der Waals surface area contributed by atoms with E-state index in [-0.39, 0.29) is 40.2 Å². The fourth-order valence-electron chi connectivity index (χ4n) is 10.1. The second-order valence-corrected chi connectivity index (χ2v) is 29.2. The van der Waals surface area contributed by atoms with Crippen LogP contribution in [0.3, 0.4) is 0 Å². The van der Waals surface area contributed by atoms with Crippen molar-refractivity contribution in [2.45, 2.75) is 117 Å². The molecule has 372 valence electrons. The molecule has 6 heterocycles. The molecule has 0 N–H and O–H groups in total. The molecule has 2 saturated heterocycles. The van der Waals surface area contributed by atoms with Crippen molar-refractivity contribution in [3.8, 4) is 45.0 Å². The van der Waals surface area contributed by atoms with Gasteiger partial charge in [0.25, 0.3) is 0 Å². The minimum absolute atomic E-state index is 0. The van der Waals surface area contributed by atoms with Gasteiger partial charge in [0.1, 0.15) is 0 Å². The zero-order chi connectivity index (χ0) is 48.5. The van der Waals surface area contributed by atoms with E-state index in [0.717, 1.165) is 45.0 Å². The Kier molecular flexibility index (Phi) is 22.9. The van der Waals surface area contributed by atoms with Gasteiger partial charge in [-0.15, -0.1) is 144 Å². The summed E-state index contributed by atoms with van der Waals surface area (Å²) in [5.41, 5.74) is 13.8. The molecule has 2 fully saturated rings. The van der Waals surface area contributed by atoms with Crippen molar-refractivity contribution in [1.82, 2.24) is 19.9 Å². The number of hydrogen-bond donors (Lipinski definition) is 0. The monoisotopic (exact) mass is 1320 g/mol. The summed E-state index contributed by atoms with van der Waals surface area (Å²) in [6, 6.07) is 63.3. The van der Waals surface area contributed by atoms with Crippen LogP contribution in [0, 0.1) is 51.0 Å². The molecule has 0 spiro atoms. The van der Waals surface area contributed by atoms with Crippen molar-refractivity contribution in [1.29, 1.82) is 0 Å². The van der Waals surface area contributed by atoms with Gasteiger partial charge in [0, 0.05) is 65.0 Å². The van der Waals surface area contributed by atoms with Crippen LogP contribution in [-0.2, 0) is 46.6 Å². The molecule has 0 atom stereocenters. The minimum Gasteiger partial charge on any atom is -0.305 e. The molecule has 0 unspecified atom stereocenters. The van der Waals surface area contributed by atoms with E-state index >= 15 is 0 Å². The molecule has 4 aromatic heterocycles. The summed E-state index contributed by atoms with van der Waals surface area (Å²) >= 11 is 0. The van der Waals surface area contributed by atoms with Crippen molar-refractivity contribution in [3.05, 3.63) is 205 Å². The largest absolute Gasteiger partial charge is 0.305 e. The first-order valence-corrected chi connectivity index (χ1v) is 31.0. The standard InChI is InChI=1S/C21H28NSi.C18H22NSi.2C12H10N.2Ir/c1-17(2)14-19-15-20(18-10-6-4-7-11-18)22-16-21(19)23(3)12-8-5-9-13-23;1-15-13-17(16-9-5-3-6-10-16)19-14-18(15)20(2)11-7-4-8-12-20;2*1-10-6-5-9-13-12(10)11-7-3-2-4-8-11;;/h4,6-7,10,15-17H,5,8-9,12-14H2,1-3H3;3,5-6,9,13-14H,4,7-8,11-12H2,1-2H3;2*2-7,9H,1H3;;/q4*-1;;. The van der Waals surface area contributed by atoms with Gasteiger partial charge in [-0.05, 0) is 78.4 Å². The average Bonchev–Trinajstić information content (AvgIpc) is 3.38. The third kappa shape index (κ3) is 16.1. The number of nitrogens with zero attached hydrogens (tertiary/aromatic N) is 4. The quantitative estimate of drug-likeness (QED) is 0.112. The van der Waals surface area contributed by atoms with Crippen LogP contribution >= 0.6 is 0 Å². The first kappa shape index (κ1) is 57.1. The zero-order valence-electron chi connectivity index (χ0n) is 42.8. The van der Waals surface area contributed by atoms with E-state index in [0.29, 0.717) is 5.92 Å². The Balaban J connectivity index is 0.000000179. The summed E-state index contributed by atoms with van der Waals surface area (Å²) in [6.07, 6.45) is 17.7. The van der Waals surface area contributed by atoms with Crippen LogP contribution in [0.5, 0.6) is 0 Å². The summed E-state index contributed by atoms with van der Waals surface area (Å²) in [5, 5.41) is 3.21. The van der Waals surface area contributed by atoms with E-state index in [2.05, 4.69) is 137 Å². The van der Waals surface area contributed by atoms with E-state index in [1.165, 1.54) is 85.8 Å². The Bertz CT molecular complexity index is 2720. The summed E-state index contributed by atoms with van der Waals surface area (Å²) in [4.78, 5) is 18.2. The predicted molar refractivity (Wildman–Crippen MR) is 296 cm³/mol. The van der Waals surface area contributed by atoms with Crippen LogP contribution in [0.25, 0.3) is 45.0 Å². The maximum atomic E-state index is 4.84. The number of hydrogen-bond acceptors (Lipinski definition) is 4. The van der Waals surface area contributed by atoms with E-state index < -0.39 is 16.1 Å². The maximum absolute atomic E-state index is 4.84. The number of benzene rings is 4. The molecule has 2 aliphatic heterocycles. The molecule has 8 heteroatoms. The molecule has 10 rings (SSSR count). The van der Waals surface area contributed by atoms with Crippen LogP contribution < -0.4 is 10.4 Å². The molecular weight excluding hydrogens is 1250 g/mol. The minimum atomic E-state index is -1.32. The molecule has 4 aromatic carbocycles. The second kappa shape index (κ2) is 28.5. The first-order valence-electron chi connectivity index (χ1n) is 25.2. The molecule has 71 heavy (non-hydrogen) atoms. The van der Waals surface area contributed by atoms with E-state index in [1.807, 2.05) is 103 Å². The molecule has 2 radical (unpaired) electrons. The molecule has 0 amide bonds. The predicted octanol–water partition coefficient (Wildman–Crippen LogP) is 15.3. The third-order valence-electron chi connectivity index (χ3n) is 13.9. The Hall–Kier alpha value is -4.79. The molecular formula is C63H70Ir2N4Si2-4. The van der Waals surface area contributed by atoms with Crippen molar-refractivity contribution in [3.63, 3.8) is 0 Å². The average molecular weight is 1320 g/mol. The van der Waals surface area contributed by atoms with Gasteiger partial charge >= 0.3 is 0 Å². The summed E-state index contributed by atoms with van der Waals surface area (Å²) in [6.45, 7) is 16.2. The SMILES string of the molecule is CC(C)Cc1cc(-c2[c-]cccc2)ncc1[Si]1(C)CCCCC1.Cc1cc(-c2[c-]cccc2)ncc1[Si]1(C)CCCCC1.Cc1cccnc1-c1[c-]cccc1.Cc1cccnc1-c1[c-]cccc1.[Ir].[Ir]. The number of aromatic nitrogens is 4. The van der Waals surface area contributed by atoms with Crippen molar-refractivity contribution in [2.75, 3.05) is 0 Å². The Morgan fingerprint density at radius 3 is 1.23 bits per heavy atom. The molecule has 8 aromatic rings.